The van der Waals surface area contributed by atoms with E-state index in [0.29, 0.717) is 18.2 Å². The molecule has 3 aromatic carbocycles. The SMILES string of the molecule is CCO[Si](Cc1ccc(O)cc1)(OCCOC(=O)c1ccc(O)cc1)c1ccccc1. The van der Waals surface area contributed by atoms with E-state index in [2.05, 4.69) is 0 Å². The van der Waals surface area contributed by atoms with Gasteiger partial charge in [-0.05, 0) is 54.1 Å². The molecule has 1 atom stereocenters. The van der Waals surface area contributed by atoms with E-state index in [9.17, 15) is 15.0 Å². The summed E-state index contributed by atoms with van der Waals surface area (Å²) >= 11 is 0. The van der Waals surface area contributed by atoms with Gasteiger partial charge in [0.15, 0.2) is 0 Å². The Morgan fingerprint density at radius 2 is 1.42 bits per heavy atom. The van der Waals surface area contributed by atoms with Crippen LogP contribution in [0.25, 0.3) is 0 Å². The van der Waals surface area contributed by atoms with Gasteiger partial charge in [0.2, 0.25) is 0 Å². The Bertz CT molecular complexity index is 960. The summed E-state index contributed by atoms with van der Waals surface area (Å²) in [5, 5.41) is 19.9. The molecule has 6 nitrogen and oxygen atoms in total. The first-order chi connectivity index (χ1) is 15.0. The third kappa shape index (κ3) is 6.18. The number of benzene rings is 3. The van der Waals surface area contributed by atoms with Crippen molar-refractivity contribution in [3.05, 3.63) is 90.0 Å². The number of carbonyl (C=O) groups is 1. The van der Waals surface area contributed by atoms with Gasteiger partial charge in [-0.25, -0.2) is 4.79 Å². The Morgan fingerprint density at radius 3 is 2.03 bits per heavy atom. The first-order valence-corrected chi connectivity index (χ1v) is 12.1. The second-order valence-electron chi connectivity index (χ2n) is 6.93. The van der Waals surface area contributed by atoms with Crippen LogP contribution < -0.4 is 5.19 Å². The van der Waals surface area contributed by atoms with E-state index in [1.165, 1.54) is 24.3 Å². The van der Waals surface area contributed by atoms with Crippen molar-refractivity contribution >= 4 is 19.7 Å². The molecule has 0 saturated heterocycles. The van der Waals surface area contributed by atoms with Crippen LogP contribution in [-0.4, -0.2) is 44.6 Å². The average Bonchev–Trinajstić information content (AvgIpc) is 2.79. The lowest BCUT2D eigenvalue weighted by Crippen LogP contribution is -2.56. The largest absolute Gasteiger partial charge is 0.508 e. The summed E-state index contributed by atoms with van der Waals surface area (Å²) in [6.45, 7) is 2.66. The molecule has 3 aromatic rings. The normalized spacial score (nSPS) is 12.8. The molecule has 3 rings (SSSR count). The summed E-state index contributed by atoms with van der Waals surface area (Å²) in [5.41, 5.74) is 1.35. The van der Waals surface area contributed by atoms with E-state index in [1.54, 1.807) is 12.1 Å². The maximum atomic E-state index is 12.2. The lowest BCUT2D eigenvalue weighted by atomic mass is 10.2. The summed E-state index contributed by atoms with van der Waals surface area (Å²) in [6.07, 6.45) is 0. The Morgan fingerprint density at radius 1 is 0.806 bits per heavy atom. The number of carbonyl (C=O) groups excluding carboxylic acids is 1. The predicted molar refractivity (Wildman–Crippen MR) is 120 cm³/mol. The van der Waals surface area contributed by atoms with Crippen molar-refractivity contribution in [2.75, 3.05) is 19.8 Å². The zero-order chi connectivity index (χ0) is 22.1. The number of aromatic hydroxyl groups is 2. The molecule has 0 radical (unpaired) electrons. The van der Waals surface area contributed by atoms with Crippen molar-refractivity contribution in [2.45, 2.75) is 13.0 Å². The molecule has 0 spiro atoms. The topological polar surface area (TPSA) is 85.2 Å². The first kappa shape index (κ1) is 22.5. The van der Waals surface area contributed by atoms with Crippen molar-refractivity contribution in [3.8, 4) is 11.5 Å². The number of ether oxygens (including phenoxy) is 1. The molecule has 0 amide bonds. The zero-order valence-corrected chi connectivity index (χ0v) is 18.4. The fourth-order valence-corrected chi connectivity index (χ4v) is 6.42. The van der Waals surface area contributed by atoms with E-state index < -0.39 is 14.5 Å². The molecular weight excluding hydrogens is 412 g/mol. The molecule has 0 saturated carbocycles. The van der Waals surface area contributed by atoms with Crippen LogP contribution in [0.15, 0.2) is 78.9 Å². The standard InChI is InChI=1S/C24H26O6Si/c1-2-29-31(23-6-4-3-5-7-23,18-19-8-12-21(25)13-9-19)30-17-16-28-24(27)20-10-14-22(26)15-11-20/h3-15,25-26H,2,16-18H2,1H3. The molecule has 0 aliphatic carbocycles. The molecule has 31 heavy (non-hydrogen) atoms. The van der Waals surface area contributed by atoms with E-state index in [0.717, 1.165) is 10.8 Å². The molecule has 0 fully saturated rings. The highest BCUT2D eigenvalue weighted by Gasteiger charge is 2.40. The van der Waals surface area contributed by atoms with Crippen molar-refractivity contribution in [3.63, 3.8) is 0 Å². The van der Waals surface area contributed by atoms with Crippen LogP contribution in [0.2, 0.25) is 0 Å². The molecule has 0 heterocycles. The fourth-order valence-electron chi connectivity index (χ4n) is 3.24. The molecule has 162 valence electrons. The van der Waals surface area contributed by atoms with Crippen LogP contribution in [0.1, 0.15) is 22.8 Å². The number of phenols is 2. The quantitative estimate of drug-likeness (QED) is 0.287. The van der Waals surface area contributed by atoms with Crippen LogP contribution in [0.4, 0.5) is 0 Å². The van der Waals surface area contributed by atoms with Gasteiger partial charge in [-0.15, -0.1) is 0 Å². The minimum atomic E-state index is -2.89. The summed E-state index contributed by atoms with van der Waals surface area (Å²) in [6, 6.07) is 23.2. The first-order valence-electron chi connectivity index (χ1n) is 10.1. The number of esters is 1. The summed E-state index contributed by atoms with van der Waals surface area (Å²) < 4.78 is 17.9. The van der Waals surface area contributed by atoms with Gasteiger partial charge in [0.05, 0.1) is 12.2 Å². The van der Waals surface area contributed by atoms with Crippen LogP contribution >= 0.6 is 0 Å². The fraction of sp³-hybridized carbons (Fsp3) is 0.208. The highest BCUT2D eigenvalue weighted by atomic mass is 28.4. The van der Waals surface area contributed by atoms with Gasteiger partial charge in [0.1, 0.15) is 18.1 Å². The highest BCUT2D eigenvalue weighted by molar-refractivity contribution is 6.80. The monoisotopic (exact) mass is 438 g/mol. The average molecular weight is 439 g/mol. The van der Waals surface area contributed by atoms with Crippen LogP contribution in [-0.2, 0) is 19.6 Å². The van der Waals surface area contributed by atoms with Crippen LogP contribution in [0.3, 0.4) is 0 Å². The molecule has 0 aromatic heterocycles. The van der Waals surface area contributed by atoms with E-state index in [4.69, 9.17) is 13.6 Å². The summed E-state index contributed by atoms with van der Waals surface area (Å²) in [7, 11) is -2.89. The van der Waals surface area contributed by atoms with E-state index in [-0.39, 0.29) is 24.7 Å². The Balaban J connectivity index is 1.72. The molecule has 2 N–H and O–H groups in total. The van der Waals surface area contributed by atoms with Gasteiger partial charge in [0, 0.05) is 12.7 Å². The lowest BCUT2D eigenvalue weighted by Gasteiger charge is -2.31. The Hall–Kier alpha value is -3.13. The Kier molecular flexibility index (Phi) is 7.83. The lowest BCUT2D eigenvalue weighted by molar-refractivity contribution is 0.0419. The molecule has 0 aliphatic heterocycles. The van der Waals surface area contributed by atoms with E-state index in [1.807, 2.05) is 49.4 Å². The summed E-state index contributed by atoms with van der Waals surface area (Å²) in [5.74, 6) is -0.191. The van der Waals surface area contributed by atoms with Crippen LogP contribution in [0.5, 0.6) is 11.5 Å². The third-order valence-electron chi connectivity index (χ3n) is 4.72. The second-order valence-corrected chi connectivity index (χ2v) is 9.94. The van der Waals surface area contributed by atoms with Crippen molar-refractivity contribution < 1.29 is 28.6 Å². The number of rotatable bonds is 10. The Labute approximate surface area is 182 Å². The molecule has 7 heteroatoms. The van der Waals surface area contributed by atoms with Gasteiger partial charge < -0.3 is 23.8 Å². The number of phenolic OH excluding ortho intramolecular Hbond substituents is 2. The van der Waals surface area contributed by atoms with Crippen LogP contribution in [0, 0.1) is 0 Å². The number of hydrogen-bond donors (Lipinski definition) is 2. The summed E-state index contributed by atoms with van der Waals surface area (Å²) in [4.78, 5) is 12.2. The molecule has 0 aliphatic rings. The van der Waals surface area contributed by atoms with Gasteiger partial charge >= 0.3 is 14.5 Å². The molecule has 0 bridgehead atoms. The van der Waals surface area contributed by atoms with Gasteiger partial charge in [0.25, 0.3) is 0 Å². The van der Waals surface area contributed by atoms with Gasteiger partial charge in [-0.3, -0.25) is 0 Å². The second kappa shape index (κ2) is 10.8. The third-order valence-corrected chi connectivity index (χ3v) is 8.23. The maximum Gasteiger partial charge on any atom is 0.377 e. The number of hydrogen-bond acceptors (Lipinski definition) is 6. The molecule has 1 unspecified atom stereocenters. The van der Waals surface area contributed by atoms with Gasteiger partial charge in [-0.1, -0.05) is 42.5 Å². The van der Waals surface area contributed by atoms with Gasteiger partial charge in [-0.2, -0.15) is 0 Å². The minimum absolute atomic E-state index is 0.0734. The zero-order valence-electron chi connectivity index (χ0n) is 17.4. The van der Waals surface area contributed by atoms with E-state index >= 15 is 0 Å². The smallest absolute Gasteiger partial charge is 0.377 e. The van der Waals surface area contributed by atoms with Crippen molar-refractivity contribution in [1.29, 1.82) is 0 Å². The van der Waals surface area contributed by atoms with Crippen molar-refractivity contribution in [2.24, 2.45) is 0 Å². The molecular formula is C24H26O6Si. The maximum absolute atomic E-state index is 12.2. The predicted octanol–water partition coefficient (Wildman–Crippen LogP) is 3.44. The van der Waals surface area contributed by atoms with Crippen molar-refractivity contribution in [1.82, 2.24) is 0 Å². The minimum Gasteiger partial charge on any atom is -0.508 e. The highest BCUT2D eigenvalue weighted by Crippen LogP contribution is 2.19.